The Morgan fingerprint density at radius 3 is 2.50 bits per heavy atom. The van der Waals surface area contributed by atoms with E-state index in [1.165, 1.54) is 0 Å². The van der Waals surface area contributed by atoms with Crippen LogP contribution in [0.3, 0.4) is 0 Å². The zero-order valence-corrected chi connectivity index (χ0v) is 14.4. The first-order valence-electron chi connectivity index (χ1n) is 7.61. The third-order valence-electron chi connectivity index (χ3n) is 3.92. The maximum absolute atomic E-state index is 12.6. The highest BCUT2D eigenvalue weighted by Crippen LogP contribution is 2.27. The molecule has 0 atom stereocenters. The normalized spacial score (nSPS) is 11.6. The van der Waals surface area contributed by atoms with Crippen LogP contribution in [-0.4, -0.2) is 18.4 Å². The topological polar surface area (TPSA) is 74.8 Å². The second-order valence-corrected chi connectivity index (χ2v) is 7.43. The molecule has 3 rings (SSSR count). The Morgan fingerprint density at radius 2 is 1.83 bits per heavy atom. The minimum atomic E-state index is -3.58. The second-order valence-electron chi connectivity index (χ2n) is 5.70. The van der Waals surface area contributed by atoms with Gasteiger partial charge in [0.05, 0.1) is 4.90 Å². The predicted octanol–water partition coefficient (Wildman–Crippen LogP) is 3.17. The van der Waals surface area contributed by atoms with Crippen LogP contribution in [0, 0.1) is 13.8 Å². The SMILES string of the molecule is Cc1cc(S(=O)(=O)NCc2ccncc2)c(C)cc1-c1ccc[nH]1. The number of nitrogens with zero attached hydrogens (tertiary/aromatic N) is 1. The van der Waals surface area contributed by atoms with E-state index in [1.54, 1.807) is 30.6 Å². The average molecular weight is 341 g/mol. The largest absolute Gasteiger partial charge is 0.361 e. The molecule has 0 radical (unpaired) electrons. The van der Waals surface area contributed by atoms with Crippen molar-refractivity contribution >= 4 is 10.0 Å². The number of sulfonamides is 1. The number of rotatable bonds is 5. The highest BCUT2D eigenvalue weighted by atomic mass is 32.2. The van der Waals surface area contributed by atoms with Crippen molar-refractivity contribution in [1.29, 1.82) is 0 Å². The van der Waals surface area contributed by atoms with Crippen LogP contribution < -0.4 is 4.72 Å². The maximum Gasteiger partial charge on any atom is 0.241 e. The number of aromatic amines is 1. The minimum Gasteiger partial charge on any atom is -0.361 e. The van der Waals surface area contributed by atoms with E-state index < -0.39 is 10.0 Å². The number of hydrogen-bond donors (Lipinski definition) is 2. The predicted molar refractivity (Wildman–Crippen MR) is 94.0 cm³/mol. The van der Waals surface area contributed by atoms with Crippen LogP contribution in [0.2, 0.25) is 0 Å². The van der Waals surface area contributed by atoms with Crippen LogP contribution in [0.25, 0.3) is 11.3 Å². The minimum absolute atomic E-state index is 0.238. The summed E-state index contributed by atoms with van der Waals surface area (Å²) in [6.07, 6.45) is 5.14. The third kappa shape index (κ3) is 3.39. The van der Waals surface area contributed by atoms with E-state index in [0.717, 1.165) is 22.4 Å². The van der Waals surface area contributed by atoms with Gasteiger partial charge in [0.25, 0.3) is 0 Å². The molecule has 6 heteroatoms. The van der Waals surface area contributed by atoms with Gasteiger partial charge in [0.1, 0.15) is 0 Å². The Labute approximate surface area is 141 Å². The van der Waals surface area contributed by atoms with Gasteiger partial charge in [0.15, 0.2) is 0 Å². The lowest BCUT2D eigenvalue weighted by atomic mass is 10.0. The summed E-state index contributed by atoms with van der Waals surface area (Å²) in [5.41, 5.74) is 4.47. The molecule has 0 fully saturated rings. The molecule has 124 valence electrons. The van der Waals surface area contributed by atoms with Crippen molar-refractivity contribution in [2.75, 3.05) is 0 Å². The summed E-state index contributed by atoms with van der Waals surface area (Å²) in [6, 6.07) is 11.1. The van der Waals surface area contributed by atoms with Crippen LogP contribution >= 0.6 is 0 Å². The molecule has 3 aromatic rings. The first-order valence-corrected chi connectivity index (χ1v) is 9.09. The number of nitrogens with one attached hydrogen (secondary N) is 2. The van der Waals surface area contributed by atoms with E-state index in [1.807, 2.05) is 38.2 Å². The summed E-state index contributed by atoms with van der Waals surface area (Å²) in [5, 5.41) is 0. The molecule has 0 bridgehead atoms. The second kappa shape index (κ2) is 6.59. The molecule has 24 heavy (non-hydrogen) atoms. The fraction of sp³-hybridized carbons (Fsp3) is 0.167. The first kappa shape index (κ1) is 16.4. The van der Waals surface area contributed by atoms with Gasteiger partial charge < -0.3 is 4.98 Å². The summed E-state index contributed by atoms with van der Waals surface area (Å²) in [5.74, 6) is 0. The quantitative estimate of drug-likeness (QED) is 0.748. The van der Waals surface area contributed by atoms with Gasteiger partial charge in [-0.2, -0.15) is 0 Å². The van der Waals surface area contributed by atoms with Gasteiger partial charge in [-0.05, 0) is 66.9 Å². The molecule has 0 aliphatic carbocycles. The summed E-state index contributed by atoms with van der Waals surface area (Å²) < 4.78 is 27.9. The molecular weight excluding hydrogens is 322 g/mol. The monoisotopic (exact) mass is 341 g/mol. The first-order chi connectivity index (χ1) is 11.5. The van der Waals surface area contributed by atoms with Crippen LogP contribution in [0.1, 0.15) is 16.7 Å². The molecule has 2 heterocycles. The Morgan fingerprint density at radius 1 is 1.08 bits per heavy atom. The molecule has 0 aliphatic rings. The van der Waals surface area contributed by atoms with Crippen LogP contribution in [0.15, 0.2) is 59.9 Å². The fourth-order valence-corrected chi connectivity index (χ4v) is 3.95. The van der Waals surface area contributed by atoms with Crippen molar-refractivity contribution in [3.63, 3.8) is 0 Å². The van der Waals surface area contributed by atoms with Gasteiger partial charge in [-0.3, -0.25) is 4.98 Å². The fourth-order valence-electron chi connectivity index (χ4n) is 2.62. The number of aryl methyl sites for hydroxylation is 2. The molecule has 0 saturated heterocycles. The van der Waals surface area contributed by atoms with Crippen LogP contribution in [0.4, 0.5) is 0 Å². The smallest absolute Gasteiger partial charge is 0.241 e. The van der Waals surface area contributed by atoms with E-state index in [9.17, 15) is 8.42 Å². The molecule has 2 aromatic heterocycles. The number of pyridine rings is 1. The van der Waals surface area contributed by atoms with Crippen molar-refractivity contribution in [2.45, 2.75) is 25.3 Å². The lowest BCUT2D eigenvalue weighted by Gasteiger charge is -2.13. The third-order valence-corrected chi connectivity index (χ3v) is 5.46. The van der Waals surface area contributed by atoms with E-state index in [2.05, 4.69) is 14.7 Å². The zero-order chi connectivity index (χ0) is 17.2. The van der Waals surface area contributed by atoms with Gasteiger partial charge in [-0.1, -0.05) is 0 Å². The highest BCUT2D eigenvalue weighted by Gasteiger charge is 2.18. The Balaban J connectivity index is 1.89. The molecule has 0 spiro atoms. The van der Waals surface area contributed by atoms with Crippen molar-refractivity contribution < 1.29 is 8.42 Å². The average Bonchev–Trinajstić information content (AvgIpc) is 3.10. The maximum atomic E-state index is 12.6. The van der Waals surface area contributed by atoms with E-state index >= 15 is 0 Å². The Bertz CT molecular complexity index is 934. The van der Waals surface area contributed by atoms with E-state index in [4.69, 9.17) is 0 Å². The standard InChI is InChI=1S/C18H19N3O2S/c1-13-11-18(14(2)10-16(13)17-4-3-7-20-17)24(22,23)21-12-15-5-8-19-9-6-15/h3-11,20-21H,12H2,1-2H3. The zero-order valence-electron chi connectivity index (χ0n) is 13.6. The van der Waals surface area contributed by atoms with Gasteiger partial charge >= 0.3 is 0 Å². The van der Waals surface area contributed by atoms with Crippen LogP contribution in [-0.2, 0) is 16.6 Å². The number of aromatic nitrogens is 2. The molecular formula is C18H19N3O2S. The molecule has 0 saturated carbocycles. The lowest BCUT2D eigenvalue weighted by molar-refractivity contribution is 0.580. The molecule has 0 aliphatic heterocycles. The Kier molecular flexibility index (Phi) is 4.51. The number of H-pyrrole nitrogens is 1. The van der Waals surface area contributed by atoms with Crippen LogP contribution in [0.5, 0.6) is 0 Å². The number of benzene rings is 1. The van der Waals surface area contributed by atoms with Crippen molar-refractivity contribution in [3.8, 4) is 11.3 Å². The van der Waals surface area contributed by atoms with Gasteiger partial charge in [0, 0.05) is 36.4 Å². The summed E-state index contributed by atoms with van der Waals surface area (Å²) >= 11 is 0. The highest BCUT2D eigenvalue weighted by molar-refractivity contribution is 7.89. The summed E-state index contributed by atoms with van der Waals surface area (Å²) in [6.45, 7) is 3.96. The Hall–Kier alpha value is -2.44. The van der Waals surface area contributed by atoms with Gasteiger partial charge in [-0.25, -0.2) is 13.1 Å². The van der Waals surface area contributed by atoms with Gasteiger partial charge in [0.2, 0.25) is 10.0 Å². The summed E-state index contributed by atoms with van der Waals surface area (Å²) in [7, 11) is -3.58. The van der Waals surface area contributed by atoms with Gasteiger partial charge in [-0.15, -0.1) is 0 Å². The van der Waals surface area contributed by atoms with Crippen molar-refractivity contribution in [2.24, 2.45) is 0 Å². The van der Waals surface area contributed by atoms with Crippen molar-refractivity contribution in [1.82, 2.24) is 14.7 Å². The molecule has 0 unspecified atom stereocenters. The summed E-state index contributed by atoms with van der Waals surface area (Å²) in [4.78, 5) is 7.39. The molecule has 1 aromatic carbocycles. The van der Waals surface area contributed by atoms with E-state index in [-0.39, 0.29) is 6.54 Å². The van der Waals surface area contributed by atoms with Crippen molar-refractivity contribution in [3.05, 3.63) is 71.7 Å². The molecule has 0 amide bonds. The number of hydrogen-bond acceptors (Lipinski definition) is 3. The lowest BCUT2D eigenvalue weighted by Crippen LogP contribution is -2.24. The molecule has 5 nitrogen and oxygen atoms in total. The van der Waals surface area contributed by atoms with E-state index in [0.29, 0.717) is 10.5 Å². The molecule has 2 N–H and O–H groups in total.